The number of aromatic amines is 1. The zero-order chi connectivity index (χ0) is 32.6. The lowest BCUT2D eigenvalue weighted by Crippen LogP contribution is -2.59. The van der Waals surface area contributed by atoms with E-state index in [9.17, 15) is 24.3 Å². The number of H-pyrrole nitrogens is 1. The number of benzene rings is 3. The summed E-state index contributed by atoms with van der Waals surface area (Å²) >= 11 is 0. The maximum Gasteiger partial charge on any atom is 0.260 e. The van der Waals surface area contributed by atoms with Crippen LogP contribution in [0, 0.1) is 0 Å². The van der Waals surface area contributed by atoms with Crippen molar-refractivity contribution in [3.05, 3.63) is 102 Å². The van der Waals surface area contributed by atoms with Crippen LogP contribution in [0.2, 0.25) is 0 Å². The molecule has 5 rings (SSSR count). The van der Waals surface area contributed by atoms with E-state index in [2.05, 4.69) is 20.7 Å². The van der Waals surface area contributed by atoms with Crippen LogP contribution in [-0.4, -0.2) is 69.1 Å². The summed E-state index contributed by atoms with van der Waals surface area (Å²) in [5, 5.41) is 21.3. The van der Waals surface area contributed by atoms with Gasteiger partial charge in [0.25, 0.3) is 5.91 Å². The number of carbonyl (C=O) groups is 4. The number of nitrogens with two attached hydrogens (primary N) is 2. The van der Waals surface area contributed by atoms with Gasteiger partial charge in [0, 0.05) is 36.2 Å². The van der Waals surface area contributed by atoms with Crippen molar-refractivity contribution < 1.29 is 24.3 Å². The highest BCUT2D eigenvalue weighted by molar-refractivity contribution is 5.96. The summed E-state index contributed by atoms with van der Waals surface area (Å²) in [6.07, 6.45) is 4.47. The van der Waals surface area contributed by atoms with Gasteiger partial charge in [0.05, 0.1) is 6.04 Å². The van der Waals surface area contributed by atoms with Crippen LogP contribution in [0.3, 0.4) is 0 Å². The molecule has 12 nitrogen and oxygen atoms in total. The molecule has 0 saturated carbocycles. The highest BCUT2D eigenvalue weighted by Crippen LogP contribution is 2.21. The van der Waals surface area contributed by atoms with Crippen LogP contribution in [0.4, 0.5) is 0 Å². The fourth-order valence-electron chi connectivity index (χ4n) is 5.52. The second kappa shape index (κ2) is 14.5. The number of fused-ring (bicyclic) bond motifs is 1. The molecule has 4 atom stereocenters. The molecule has 8 N–H and O–H groups in total. The summed E-state index contributed by atoms with van der Waals surface area (Å²) in [5.41, 5.74) is 15.1. The van der Waals surface area contributed by atoms with Gasteiger partial charge in [-0.2, -0.15) is 5.10 Å². The lowest BCUT2D eigenvalue weighted by molar-refractivity contribution is -0.143. The van der Waals surface area contributed by atoms with E-state index in [1.165, 1.54) is 12.1 Å². The molecule has 3 aromatic carbocycles. The smallest absolute Gasteiger partial charge is 0.260 e. The summed E-state index contributed by atoms with van der Waals surface area (Å²) < 4.78 is 0. The SMILES string of the molecule is NC(=O)C(Cc1ccccc1)NC(=O)C(Cc1c[nH]c2ccccc12)NC(=O)C1CCC=NN1C(=O)C(N)Cc1ccc(O)cc1. The summed E-state index contributed by atoms with van der Waals surface area (Å²) in [6, 6.07) is 18.9. The number of hydrogen-bond donors (Lipinski definition) is 6. The molecule has 0 saturated heterocycles. The van der Waals surface area contributed by atoms with Crippen molar-refractivity contribution in [2.45, 2.75) is 56.3 Å². The number of para-hydroxylation sites is 1. The predicted molar refractivity (Wildman–Crippen MR) is 173 cm³/mol. The van der Waals surface area contributed by atoms with Crippen molar-refractivity contribution in [2.24, 2.45) is 16.6 Å². The van der Waals surface area contributed by atoms with Gasteiger partial charge < -0.3 is 32.2 Å². The molecule has 4 amide bonds. The number of aromatic nitrogens is 1. The average molecular weight is 624 g/mol. The van der Waals surface area contributed by atoms with Crippen LogP contribution in [0.15, 0.2) is 90.2 Å². The van der Waals surface area contributed by atoms with Gasteiger partial charge in [0.1, 0.15) is 23.9 Å². The number of primary amides is 1. The maximum absolute atomic E-state index is 13.8. The number of nitrogens with zero attached hydrogens (tertiary/aromatic N) is 2. The fourth-order valence-corrected chi connectivity index (χ4v) is 5.52. The third-order valence-corrected chi connectivity index (χ3v) is 7.98. The van der Waals surface area contributed by atoms with Crippen LogP contribution in [0.1, 0.15) is 29.5 Å². The summed E-state index contributed by atoms with van der Waals surface area (Å²) in [5.74, 6) is -2.36. The van der Waals surface area contributed by atoms with Crippen LogP contribution >= 0.6 is 0 Å². The predicted octanol–water partition coefficient (Wildman–Crippen LogP) is 1.66. The molecule has 4 aromatic rings. The molecule has 1 aliphatic rings. The van der Waals surface area contributed by atoms with Crippen LogP contribution < -0.4 is 22.1 Å². The van der Waals surface area contributed by atoms with Gasteiger partial charge in [-0.15, -0.1) is 0 Å². The highest BCUT2D eigenvalue weighted by Gasteiger charge is 2.36. The molecule has 1 aliphatic heterocycles. The first kappa shape index (κ1) is 31.9. The van der Waals surface area contributed by atoms with E-state index < -0.39 is 47.8 Å². The first-order valence-electron chi connectivity index (χ1n) is 15.1. The first-order chi connectivity index (χ1) is 22.2. The van der Waals surface area contributed by atoms with Gasteiger partial charge in [-0.1, -0.05) is 60.7 Å². The highest BCUT2D eigenvalue weighted by atomic mass is 16.3. The molecule has 0 spiro atoms. The molecule has 0 bridgehead atoms. The van der Waals surface area contributed by atoms with E-state index in [-0.39, 0.29) is 31.4 Å². The Labute approximate surface area is 265 Å². The number of nitrogens with one attached hydrogen (secondary N) is 3. The molecule has 238 valence electrons. The summed E-state index contributed by atoms with van der Waals surface area (Å²) in [6.45, 7) is 0. The average Bonchev–Trinajstić information content (AvgIpc) is 3.47. The second-order valence-corrected chi connectivity index (χ2v) is 11.3. The summed E-state index contributed by atoms with van der Waals surface area (Å²) in [4.78, 5) is 56.6. The van der Waals surface area contributed by atoms with E-state index in [0.717, 1.165) is 32.6 Å². The minimum absolute atomic E-state index is 0.0921. The number of hydrogen-bond acceptors (Lipinski definition) is 7. The quantitative estimate of drug-likeness (QED) is 0.139. The topological polar surface area (TPSA) is 196 Å². The standard InChI is InChI=1S/C34H37N7O5/c35-26(17-22-12-14-24(42)15-13-22)34(46)41-30(11-6-16-38-41)33(45)40-29(19-23-20-37-27-10-5-4-9-25(23)27)32(44)39-28(31(36)43)18-21-7-2-1-3-8-21/h1-5,7-10,12-16,20,26,28-30,37,42H,6,11,17-19,35H2,(H2,36,43)(H,39,44)(H,40,45). The Morgan fingerprint density at radius 2 is 1.59 bits per heavy atom. The van der Waals surface area contributed by atoms with Gasteiger partial charge in [0.15, 0.2) is 0 Å². The van der Waals surface area contributed by atoms with Gasteiger partial charge >= 0.3 is 0 Å². The zero-order valence-electron chi connectivity index (χ0n) is 25.1. The van der Waals surface area contributed by atoms with E-state index in [1.807, 2.05) is 54.6 Å². The van der Waals surface area contributed by atoms with Crippen LogP contribution in [0.5, 0.6) is 5.75 Å². The molecule has 12 heteroatoms. The molecule has 1 aromatic heterocycles. The van der Waals surface area contributed by atoms with E-state index in [4.69, 9.17) is 11.5 Å². The van der Waals surface area contributed by atoms with Gasteiger partial charge in [-0.3, -0.25) is 19.2 Å². The number of amides is 4. The van der Waals surface area contributed by atoms with Crippen molar-refractivity contribution in [3.63, 3.8) is 0 Å². The molecule has 0 radical (unpaired) electrons. The third-order valence-electron chi connectivity index (χ3n) is 7.98. The fraction of sp³-hybridized carbons (Fsp3) is 0.265. The van der Waals surface area contributed by atoms with E-state index in [0.29, 0.717) is 6.42 Å². The Balaban J connectivity index is 1.35. The Bertz CT molecular complexity index is 1720. The molecule has 46 heavy (non-hydrogen) atoms. The maximum atomic E-state index is 13.8. The normalized spacial score (nSPS) is 16.4. The van der Waals surface area contributed by atoms with Gasteiger partial charge in [-0.05, 0) is 54.2 Å². The number of carbonyl (C=O) groups excluding carboxylic acids is 4. The molecule has 4 unspecified atom stereocenters. The molecular weight excluding hydrogens is 586 g/mol. The van der Waals surface area contributed by atoms with Gasteiger partial charge in [-0.25, -0.2) is 5.01 Å². The zero-order valence-corrected chi connectivity index (χ0v) is 25.1. The monoisotopic (exact) mass is 623 g/mol. The van der Waals surface area contributed by atoms with Crippen molar-refractivity contribution in [2.75, 3.05) is 0 Å². The molecule has 0 fully saturated rings. The van der Waals surface area contributed by atoms with E-state index >= 15 is 0 Å². The number of phenolic OH excluding ortho intramolecular Hbond substituents is 1. The molecule has 0 aliphatic carbocycles. The van der Waals surface area contributed by atoms with Crippen LogP contribution in [-0.2, 0) is 38.4 Å². The van der Waals surface area contributed by atoms with Crippen molar-refractivity contribution in [1.82, 2.24) is 20.6 Å². The molecular formula is C34H37N7O5. The minimum Gasteiger partial charge on any atom is -0.508 e. The molecule has 2 heterocycles. The first-order valence-corrected chi connectivity index (χ1v) is 15.1. The minimum atomic E-state index is -1.11. The number of phenols is 1. The largest absolute Gasteiger partial charge is 0.508 e. The Morgan fingerprint density at radius 3 is 2.33 bits per heavy atom. The third kappa shape index (κ3) is 7.77. The lowest BCUT2D eigenvalue weighted by atomic mass is 10.0. The van der Waals surface area contributed by atoms with Crippen LogP contribution in [0.25, 0.3) is 10.9 Å². The summed E-state index contributed by atoms with van der Waals surface area (Å²) in [7, 11) is 0. The lowest BCUT2D eigenvalue weighted by Gasteiger charge is -2.32. The Morgan fingerprint density at radius 1 is 0.891 bits per heavy atom. The van der Waals surface area contributed by atoms with Crippen molar-refractivity contribution in [3.8, 4) is 5.75 Å². The Kier molecular flexibility index (Phi) is 10.1. The van der Waals surface area contributed by atoms with Crippen molar-refractivity contribution in [1.29, 1.82) is 0 Å². The van der Waals surface area contributed by atoms with Crippen molar-refractivity contribution >= 4 is 40.7 Å². The number of rotatable bonds is 12. The van der Waals surface area contributed by atoms with E-state index in [1.54, 1.807) is 24.5 Å². The second-order valence-electron chi connectivity index (χ2n) is 11.3. The van der Waals surface area contributed by atoms with Gasteiger partial charge in [0.2, 0.25) is 17.7 Å². The number of hydrazone groups is 1. The number of aromatic hydroxyl groups is 1. The Hall–Kier alpha value is -5.49.